The molecule has 0 saturated carbocycles. The molecule has 0 aromatic carbocycles. The van der Waals surface area contributed by atoms with Crippen molar-refractivity contribution < 1.29 is 14.7 Å². The molecule has 2 aliphatic heterocycles. The van der Waals surface area contributed by atoms with Crippen LogP contribution in [-0.2, 0) is 9.59 Å². The standard InChI is InChI=1S/C13H22N2O3/c1-2-13(6-4-7-14-13)12(18)15-8-3-5-10(9-15)11(16)17/h10,14H,2-9H2,1H3,(H,16,17)/t10-,13?/m0/s1. The zero-order chi connectivity index (χ0) is 13.2. The molecule has 102 valence electrons. The molecule has 2 aliphatic rings. The van der Waals surface area contributed by atoms with Crippen molar-refractivity contribution in [1.29, 1.82) is 0 Å². The number of nitrogens with one attached hydrogen (secondary N) is 1. The summed E-state index contributed by atoms with van der Waals surface area (Å²) in [6.45, 7) is 3.98. The predicted molar refractivity (Wildman–Crippen MR) is 67.2 cm³/mol. The molecule has 0 spiro atoms. The third-order valence-electron chi connectivity index (χ3n) is 4.31. The lowest BCUT2D eigenvalue weighted by Gasteiger charge is -2.37. The molecular formula is C13H22N2O3. The van der Waals surface area contributed by atoms with E-state index in [9.17, 15) is 9.59 Å². The number of rotatable bonds is 3. The van der Waals surface area contributed by atoms with E-state index < -0.39 is 17.4 Å². The van der Waals surface area contributed by atoms with E-state index in [1.807, 2.05) is 6.92 Å². The second kappa shape index (κ2) is 5.26. The van der Waals surface area contributed by atoms with Gasteiger partial charge >= 0.3 is 5.97 Å². The normalized spacial score (nSPS) is 32.5. The van der Waals surface area contributed by atoms with Crippen LogP contribution in [0.4, 0.5) is 0 Å². The number of carbonyl (C=O) groups is 2. The topological polar surface area (TPSA) is 69.6 Å². The Kier molecular flexibility index (Phi) is 3.90. The van der Waals surface area contributed by atoms with E-state index in [-0.39, 0.29) is 5.91 Å². The molecule has 2 rings (SSSR count). The summed E-state index contributed by atoms with van der Waals surface area (Å²) >= 11 is 0. The van der Waals surface area contributed by atoms with Crippen LogP contribution in [0.1, 0.15) is 39.0 Å². The van der Waals surface area contributed by atoms with Crippen LogP contribution in [0.5, 0.6) is 0 Å². The van der Waals surface area contributed by atoms with Gasteiger partial charge in [0.1, 0.15) is 0 Å². The molecule has 0 radical (unpaired) electrons. The minimum Gasteiger partial charge on any atom is -0.481 e. The van der Waals surface area contributed by atoms with E-state index in [0.29, 0.717) is 19.5 Å². The minimum absolute atomic E-state index is 0.105. The molecule has 5 heteroatoms. The number of hydrogen-bond acceptors (Lipinski definition) is 3. The number of carboxylic acids is 1. The Morgan fingerprint density at radius 2 is 2.22 bits per heavy atom. The highest BCUT2D eigenvalue weighted by Crippen LogP contribution is 2.28. The Morgan fingerprint density at radius 1 is 1.44 bits per heavy atom. The van der Waals surface area contributed by atoms with Crippen LogP contribution in [0, 0.1) is 5.92 Å². The number of carbonyl (C=O) groups excluding carboxylic acids is 1. The van der Waals surface area contributed by atoms with Gasteiger partial charge < -0.3 is 15.3 Å². The van der Waals surface area contributed by atoms with Crippen molar-refractivity contribution in [3.63, 3.8) is 0 Å². The third kappa shape index (κ3) is 2.36. The Hall–Kier alpha value is -1.10. The van der Waals surface area contributed by atoms with Crippen molar-refractivity contribution in [2.45, 2.75) is 44.6 Å². The highest BCUT2D eigenvalue weighted by Gasteiger charge is 2.43. The maximum Gasteiger partial charge on any atom is 0.308 e. The summed E-state index contributed by atoms with van der Waals surface area (Å²) in [4.78, 5) is 25.4. The first-order valence-electron chi connectivity index (χ1n) is 6.86. The van der Waals surface area contributed by atoms with E-state index >= 15 is 0 Å². The molecular weight excluding hydrogens is 232 g/mol. The number of nitrogens with zero attached hydrogens (tertiary/aromatic N) is 1. The molecule has 0 aromatic heterocycles. The number of hydrogen-bond donors (Lipinski definition) is 2. The molecule has 18 heavy (non-hydrogen) atoms. The highest BCUT2D eigenvalue weighted by atomic mass is 16.4. The largest absolute Gasteiger partial charge is 0.481 e. The van der Waals surface area contributed by atoms with Gasteiger partial charge in [-0.2, -0.15) is 0 Å². The van der Waals surface area contributed by atoms with E-state index in [1.165, 1.54) is 0 Å². The zero-order valence-electron chi connectivity index (χ0n) is 10.9. The number of amides is 1. The van der Waals surface area contributed by atoms with E-state index in [4.69, 9.17) is 5.11 Å². The van der Waals surface area contributed by atoms with Gasteiger partial charge in [0, 0.05) is 13.1 Å². The fraction of sp³-hybridized carbons (Fsp3) is 0.846. The average Bonchev–Trinajstić information content (AvgIpc) is 2.88. The van der Waals surface area contributed by atoms with Crippen LogP contribution in [0.2, 0.25) is 0 Å². The van der Waals surface area contributed by atoms with Crippen molar-refractivity contribution in [3.8, 4) is 0 Å². The lowest BCUT2D eigenvalue weighted by atomic mass is 9.90. The number of likely N-dealkylation sites (tertiary alicyclic amines) is 1. The molecule has 1 amide bonds. The van der Waals surface area contributed by atoms with Crippen LogP contribution < -0.4 is 5.32 Å². The van der Waals surface area contributed by atoms with Gasteiger partial charge in [-0.15, -0.1) is 0 Å². The molecule has 0 aromatic rings. The molecule has 2 heterocycles. The van der Waals surface area contributed by atoms with Crippen molar-refractivity contribution in [3.05, 3.63) is 0 Å². The summed E-state index contributed by atoms with van der Waals surface area (Å²) in [6.07, 6.45) is 4.15. The molecule has 2 fully saturated rings. The van der Waals surface area contributed by atoms with Crippen LogP contribution >= 0.6 is 0 Å². The summed E-state index contributed by atoms with van der Waals surface area (Å²) in [7, 11) is 0. The molecule has 1 unspecified atom stereocenters. The van der Waals surface area contributed by atoms with Gasteiger partial charge in [-0.3, -0.25) is 9.59 Å². The molecule has 2 N–H and O–H groups in total. The second-order valence-corrected chi connectivity index (χ2v) is 5.39. The average molecular weight is 254 g/mol. The van der Waals surface area contributed by atoms with Crippen molar-refractivity contribution in [2.75, 3.05) is 19.6 Å². The maximum absolute atomic E-state index is 12.6. The van der Waals surface area contributed by atoms with Gasteiger partial charge in [0.25, 0.3) is 0 Å². The van der Waals surface area contributed by atoms with Crippen molar-refractivity contribution in [2.24, 2.45) is 5.92 Å². The molecule has 2 saturated heterocycles. The molecule has 5 nitrogen and oxygen atoms in total. The monoisotopic (exact) mass is 254 g/mol. The lowest BCUT2D eigenvalue weighted by Crippen LogP contribution is -2.57. The van der Waals surface area contributed by atoms with Crippen LogP contribution in [0.3, 0.4) is 0 Å². The summed E-state index contributed by atoms with van der Waals surface area (Å²) in [5.41, 5.74) is -0.430. The first-order chi connectivity index (χ1) is 8.59. The minimum atomic E-state index is -0.780. The van der Waals surface area contributed by atoms with Gasteiger partial charge in [-0.05, 0) is 38.6 Å². The quantitative estimate of drug-likeness (QED) is 0.783. The van der Waals surface area contributed by atoms with Gasteiger partial charge in [0.2, 0.25) is 5.91 Å². The summed E-state index contributed by atoms with van der Waals surface area (Å²) in [6, 6.07) is 0. The number of carboxylic acid groups (broad SMARTS) is 1. The first kappa shape index (κ1) is 13.3. The van der Waals surface area contributed by atoms with Gasteiger partial charge in [-0.1, -0.05) is 6.92 Å². The predicted octanol–water partition coefficient (Wildman–Crippen LogP) is 0.842. The maximum atomic E-state index is 12.6. The lowest BCUT2D eigenvalue weighted by molar-refractivity contribution is -0.147. The van der Waals surface area contributed by atoms with Crippen molar-refractivity contribution in [1.82, 2.24) is 10.2 Å². The number of piperidine rings is 1. The fourth-order valence-electron chi connectivity index (χ4n) is 3.11. The SMILES string of the molecule is CCC1(C(=O)N2CCC[C@H](C(=O)O)C2)CCCN1. The molecule has 2 atom stereocenters. The summed E-state index contributed by atoms with van der Waals surface area (Å²) < 4.78 is 0. The Bertz CT molecular complexity index is 337. The van der Waals surface area contributed by atoms with Crippen LogP contribution in [-0.4, -0.2) is 47.1 Å². The van der Waals surface area contributed by atoms with Crippen molar-refractivity contribution >= 4 is 11.9 Å². The first-order valence-corrected chi connectivity index (χ1v) is 6.86. The van der Waals surface area contributed by atoms with Gasteiger partial charge in [-0.25, -0.2) is 0 Å². The highest BCUT2D eigenvalue weighted by molar-refractivity contribution is 5.87. The smallest absolute Gasteiger partial charge is 0.308 e. The molecule has 0 aliphatic carbocycles. The Morgan fingerprint density at radius 3 is 2.78 bits per heavy atom. The fourth-order valence-corrected chi connectivity index (χ4v) is 3.11. The zero-order valence-corrected chi connectivity index (χ0v) is 10.9. The summed E-state index contributed by atoms with van der Waals surface area (Å²) in [5, 5.41) is 12.4. The Labute approximate surface area is 108 Å². The van der Waals surface area contributed by atoms with E-state index in [1.54, 1.807) is 4.90 Å². The van der Waals surface area contributed by atoms with Gasteiger partial charge in [0.05, 0.1) is 11.5 Å². The molecule has 0 bridgehead atoms. The number of aliphatic carboxylic acids is 1. The van der Waals surface area contributed by atoms with Gasteiger partial charge in [0.15, 0.2) is 0 Å². The van der Waals surface area contributed by atoms with E-state index in [0.717, 1.165) is 32.2 Å². The Balaban J connectivity index is 2.06. The second-order valence-electron chi connectivity index (χ2n) is 5.39. The van der Waals surface area contributed by atoms with Crippen LogP contribution in [0.25, 0.3) is 0 Å². The third-order valence-corrected chi connectivity index (χ3v) is 4.31. The summed E-state index contributed by atoms with van der Waals surface area (Å²) in [5.74, 6) is -1.07. The van der Waals surface area contributed by atoms with E-state index in [2.05, 4.69) is 5.32 Å². The van der Waals surface area contributed by atoms with Crippen LogP contribution in [0.15, 0.2) is 0 Å².